The van der Waals surface area contributed by atoms with Gasteiger partial charge in [-0.3, -0.25) is 4.79 Å². The lowest BCUT2D eigenvalue weighted by molar-refractivity contribution is -0.133. The van der Waals surface area contributed by atoms with E-state index in [2.05, 4.69) is 10.3 Å². The largest absolute Gasteiger partial charge is 0.345 e. The van der Waals surface area contributed by atoms with E-state index in [1.807, 2.05) is 9.80 Å². The number of carbonyl (C=O) groups is 1. The molecular formula is C14H19FN4O. The highest BCUT2D eigenvalue weighted by Gasteiger charge is 2.34. The van der Waals surface area contributed by atoms with Crippen molar-refractivity contribution in [1.82, 2.24) is 15.2 Å². The summed E-state index contributed by atoms with van der Waals surface area (Å²) in [5, 5.41) is 3.25. The number of rotatable bonds is 2. The molecule has 0 radical (unpaired) electrons. The zero-order valence-electron chi connectivity index (χ0n) is 11.4. The van der Waals surface area contributed by atoms with Crippen molar-refractivity contribution < 1.29 is 9.18 Å². The van der Waals surface area contributed by atoms with E-state index in [4.69, 9.17) is 0 Å². The first-order valence-electron chi connectivity index (χ1n) is 7.13. The van der Waals surface area contributed by atoms with Crippen LogP contribution < -0.4 is 10.2 Å². The number of carbonyl (C=O) groups excluding carboxylic acids is 1. The van der Waals surface area contributed by atoms with E-state index < -0.39 is 0 Å². The van der Waals surface area contributed by atoms with Crippen molar-refractivity contribution in [1.29, 1.82) is 0 Å². The Morgan fingerprint density at radius 2 is 2.10 bits per heavy atom. The third-order valence-electron chi connectivity index (χ3n) is 3.97. The molecule has 1 N–H and O–H groups in total. The van der Waals surface area contributed by atoms with Gasteiger partial charge in [0.1, 0.15) is 17.7 Å². The van der Waals surface area contributed by atoms with Gasteiger partial charge < -0.3 is 15.1 Å². The summed E-state index contributed by atoms with van der Waals surface area (Å²) in [5.74, 6) is 0.519. The van der Waals surface area contributed by atoms with Crippen LogP contribution in [0, 0.1) is 5.82 Å². The fraction of sp³-hybridized carbons (Fsp3) is 0.571. The lowest BCUT2D eigenvalue weighted by Gasteiger charge is -2.33. The topological polar surface area (TPSA) is 48.5 Å². The number of anilines is 1. The van der Waals surface area contributed by atoms with Crippen LogP contribution in [0.2, 0.25) is 0 Å². The molecular weight excluding hydrogens is 259 g/mol. The maximum atomic E-state index is 13.0. The van der Waals surface area contributed by atoms with E-state index in [0.29, 0.717) is 5.82 Å². The molecule has 0 spiro atoms. The fourth-order valence-electron chi connectivity index (χ4n) is 2.93. The van der Waals surface area contributed by atoms with Crippen molar-refractivity contribution in [3.8, 4) is 0 Å². The molecule has 2 aliphatic rings. The molecule has 2 fully saturated rings. The third-order valence-corrected chi connectivity index (χ3v) is 3.97. The highest BCUT2D eigenvalue weighted by Crippen LogP contribution is 2.25. The van der Waals surface area contributed by atoms with Crippen LogP contribution in [0.25, 0.3) is 0 Å². The molecule has 20 heavy (non-hydrogen) atoms. The van der Waals surface area contributed by atoms with E-state index in [9.17, 15) is 9.18 Å². The van der Waals surface area contributed by atoms with Crippen molar-refractivity contribution in [3.05, 3.63) is 24.1 Å². The van der Waals surface area contributed by atoms with Crippen LogP contribution in [0.3, 0.4) is 0 Å². The number of hydrogen-bond donors (Lipinski definition) is 1. The van der Waals surface area contributed by atoms with Crippen LogP contribution in [-0.2, 0) is 4.79 Å². The fourth-order valence-corrected chi connectivity index (χ4v) is 2.93. The molecule has 1 unspecified atom stereocenters. The average molecular weight is 278 g/mol. The number of nitrogens with zero attached hydrogens (tertiary/aromatic N) is 3. The second kappa shape index (κ2) is 5.75. The minimum atomic E-state index is -0.349. The summed E-state index contributed by atoms with van der Waals surface area (Å²) in [5.41, 5.74) is 0. The maximum Gasteiger partial charge on any atom is 0.245 e. The molecule has 108 valence electrons. The lowest BCUT2D eigenvalue weighted by Crippen LogP contribution is -2.52. The Hall–Kier alpha value is -1.69. The Morgan fingerprint density at radius 1 is 1.30 bits per heavy atom. The molecule has 1 atom stereocenters. The van der Waals surface area contributed by atoms with Crippen LogP contribution in [-0.4, -0.2) is 54.6 Å². The van der Waals surface area contributed by atoms with Crippen LogP contribution in [0.4, 0.5) is 10.2 Å². The summed E-state index contributed by atoms with van der Waals surface area (Å²) >= 11 is 0. The molecule has 1 aromatic rings. The van der Waals surface area contributed by atoms with Gasteiger partial charge in [-0.2, -0.15) is 0 Å². The van der Waals surface area contributed by atoms with Crippen molar-refractivity contribution in [2.24, 2.45) is 0 Å². The van der Waals surface area contributed by atoms with Crippen molar-refractivity contribution in [3.63, 3.8) is 0 Å². The maximum absolute atomic E-state index is 13.0. The van der Waals surface area contributed by atoms with Gasteiger partial charge in [-0.1, -0.05) is 0 Å². The molecule has 0 aromatic carbocycles. The quantitative estimate of drug-likeness (QED) is 0.861. The summed E-state index contributed by atoms with van der Waals surface area (Å²) in [7, 11) is 0. The molecule has 3 rings (SSSR count). The molecule has 2 saturated heterocycles. The Kier molecular flexibility index (Phi) is 3.82. The van der Waals surface area contributed by atoms with Crippen LogP contribution in [0.1, 0.15) is 12.8 Å². The number of nitrogens with one attached hydrogen (secondary N) is 1. The first kappa shape index (κ1) is 13.3. The number of hydrogen-bond acceptors (Lipinski definition) is 4. The van der Waals surface area contributed by atoms with Gasteiger partial charge in [0, 0.05) is 32.7 Å². The standard InChI is InChI=1S/C14H19FN4O/c15-11-3-4-13(17-10-11)19-7-1-2-12(19)14(20)18-8-5-16-6-9-18/h3-4,10,12,16H,1-2,5-9H2. The van der Waals surface area contributed by atoms with Crippen LogP contribution in [0.5, 0.6) is 0 Å². The third kappa shape index (κ3) is 2.60. The smallest absolute Gasteiger partial charge is 0.245 e. The summed E-state index contributed by atoms with van der Waals surface area (Å²) < 4.78 is 13.0. The summed E-state index contributed by atoms with van der Waals surface area (Å²) in [6.45, 7) is 4.04. The lowest BCUT2D eigenvalue weighted by atomic mass is 10.1. The van der Waals surface area contributed by atoms with Crippen LogP contribution in [0.15, 0.2) is 18.3 Å². The highest BCUT2D eigenvalue weighted by molar-refractivity contribution is 5.85. The Labute approximate surface area is 117 Å². The number of halogens is 1. The van der Waals surface area contributed by atoms with Crippen LogP contribution >= 0.6 is 0 Å². The van der Waals surface area contributed by atoms with E-state index >= 15 is 0 Å². The van der Waals surface area contributed by atoms with Gasteiger partial charge >= 0.3 is 0 Å². The minimum absolute atomic E-state index is 0.147. The van der Waals surface area contributed by atoms with Gasteiger partial charge in [-0.15, -0.1) is 0 Å². The molecule has 0 bridgehead atoms. The van der Waals surface area contributed by atoms with Crippen molar-refractivity contribution >= 4 is 11.7 Å². The molecule has 1 amide bonds. The van der Waals surface area contributed by atoms with E-state index in [0.717, 1.165) is 45.6 Å². The van der Waals surface area contributed by atoms with Gasteiger partial charge in [-0.25, -0.2) is 9.37 Å². The first-order valence-corrected chi connectivity index (χ1v) is 7.13. The monoisotopic (exact) mass is 278 g/mol. The van der Waals surface area contributed by atoms with Gasteiger partial charge in [0.15, 0.2) is 0 Å². The molecule has 6 heteroatoms. The Morgan fingerprint density at radius 3 is 2.80 bits per heavy atom. The van der Waals surface area contributed by atoms with Gasteiger partial charge in [0.05, 0.1) is 6.20 Å². The Balaban J connectivity index is 1.74. The summed E-state index contributed by atoms with van der Waals surface area (Å²) in [6.07, 6.45) is 3.03. The number of pyridine rings is 1. The second-order valence-electron chi connectivity index (χ2n) is 5.26. The molecule has 3 heterocycles. The van der Waals surface area contributed by atoms with E-state index in [1.165, 1.54) is 12.3 Å². The number of aromatic nitrogens is 1. The zero-order valence-corrected chi connectivity index (χ0v) is 11.4. The predicted octanol–water partition coefficient (Wildman–Crippen LogP) is 0.621. The molecule has 0 aliphatic carbocycles. The predicted molar refractivity (Wildman–Crippen MR) is 74.0 cm³/mol. The average Bonchev–Trinajstić information content (AvgIpc) is 2.97. The number of piperazine rings is 1. The van der Waals surface area contributed by atoms with Gasteiger partial charge in [0.25, 0.3) is 0 Å². The molecule has 2 aliphatic heterocycles. The van der Waals surface area contributed by atoms with Crippen molar-refractivity contribution in [2.75, 3.05) is 37.6 Å². The normalized spacial score (nSPS) is 23.1. The van der Waals surface area contributed by atoms with Gasteiger partial charge in [0.2, 0.25) is 5.91 Å². The zero-order chi connectivity index (χ0) is 13.9. The van der Waals surface area contributed by atoms with E-state index in [-0.39, 0.29) is 17.8 Å². The molecule has 5 nitrogen and oxygen atoms in total. The summed E-state index contributed by atoms with van der Waals surface area (Å²) in [4.78, 5) is 20.6. The highest BCUT2D eigenvalue weighted by atomic mass is 19.1. The second-order valence-corrected chi connectivity index (χ2v) is 5.26. The first-order chi connectivity index (χ1) is 9.75. The Bertz CT molecular complexity index is 473. The SMILES string of the molecule is O=C(C1CCCN1c1ccc(F)cn1)N1CCNCC1. The van der Waals surface area contributed by atoms with E-state index in [1.54, 1.807) is 6.07 Å². The number of amides is 1. The minimum Gasteiger partial charge on any atom is -0.345 e. The van der Waals surface area contributed by atoms with Gasteiger partial charge in [-0.05, 0) is 25.0 Å². The molecule has 0 saturated carbocycles. The van der Waals surface area contributed by atoms with Crippen molar-refractivity contribution in [2.45, 2.75) is 18.9 Å². The molecule has 1 aromatic heterocycles. The summed E-state index contributed by atoms with van der Waals surface area (Å²) in [6, 6.07) is 2.90.